The molecule has 0 radical (unpaired) electrons. The Labute approximate surface area is 158 Å². The van der Waals surface area contributed by atoms with Gasteiger partial charge in [0.25, 0.3) is 5.91 Å². The molecule has 0 fully saturated rings. The third-order valence-electron chi connectivity index (χ3n) is 3.69. The second-order valence-electron chi connectivity index (χ2n) is 6.34. The summed E-state index contributed by atoms with van der Waals surface area (Å²) in [6, 6.07) is 16.0. The van der Waals surface area contributed by atoms with Crippen molar-refractivity contribution >= 4 is 23.5 Å². The molecule has 0 heterocycles. The molecule has 0 aliphatic rings. The van der Waals surface area contributed by atoms with Crippen molar-refractivity contribution in [2.45, 2.75) is 32.4 Å². The smallest absolute Gasteiger partial charge is 0.350 e. The van der Waals surface area contributed by atoms with E-state index in [-0.39, 0.29) is 18.6 Å². The maximum Gasteiger partial charge on any atom is 0.350 e. The molecular weight excluding hydrogens is 354 g/mol. The van der Waals surface area contributed by atoms with Crippen LogP contribution in [0.15, 0.2) is 54.6 Å². The van der Waals surface area contributed by atoms with E-state index in [0.29, 0.717) is 10.8 Å². The zero-order valence-electron chi connectivity index (χ0n) is 15.0. The van der Waals surface area contributed by atoms with E-state index in [1.54, 1.807) is 38.1 Å². The SMILES string of the molecule is C[C@@H](NC(=O)COC(=O)C(C)(C)Oc1ccc(Cl)cc1)c1ccccc1. The summed E-state index contributed by atoms with van der Waals surface area (Å²) < 4.78 is 10.7. The summed E-state index contributed by atoms with van der Waals surface area (Å²) in [5.41, 5.74) is -0.266. The fraction of sp³-hybridized carbons (Fsp3) is 0.300. The molecule has 0 saturated heterocycles. The molecule has 6 heteroatoms. The number of carbonyl (C=O) groups is 2. The third kappa shape index (κ3) is 5.77. The molecule has 0 aliphatic heterocycles. The van der Waals surface area contributed by atoms with Gasteiger partial charge < -0.3 is 14.8 Å². The van der Waals surface area contributed by atoms with Crippen LogP contribution < -0.4 is 10.1 Å². The number of amides is 1. The van der Waals surface area contributed by atoms with Crippen LogP contribution in [0.5, 0.6) is 5.75 Å². The van der Waals surface area contributed by atoms with E-state index in [2.05, 4.69) is 5.32 Å². The maximum absolute atomic E-state index is 12.2. The van der Waals surface area contributed by atoms with Gasteiger partial charge in [0.05, 0.1) is 6.04 Å². The Morgan fingerprint density at radius 1 is 1.08 bits per heavy atom. The number of benzene rings is 2. The quantitative estimate of drug-likeness (QED) is 0.745. The number of ether oxygens (including phenoxy) is 2. The van der Waals surface area contributed by atoms with Gasteiger partial charge >= 0.3 is 5.97 Å². The van der Waals surface area contributed by atoms with Crippen LogP contribution >= 0.6 is 11.6 Å². The minimum Gasteiger partial charge on any atom is -0.476 e. The number of hydrogen-bond acceptors (Lipinski definition) is 4. The Morgan fingerprint density at radius 3 is 2.31 bits per heavy atom. The molecule has 2 aromatic rings. The van der Waals surface area contributed by atoms with Crippen molar-refractivity contribution in [2.75, 3.05) is 6.61 Å². The van der Waals surface area contributed by atoms with Gasteiger partial charge in [-0.25, -0.2) is 4.79 Å². The van der Waals surface area contributed by atoms with Crippen molar-refractivity contribution in [1.29, 1.82) is 0 Å². The van der Waals surface area contributed by atoms with Crippen LogP contribution in [0.4, 0.5) is 0 Å². The van der Waals surface area contributed by atoms with Crippen LogP contribution in [0.3, 0.4) is 0 Å². The first-order valence-corrected chi connectivity index (χ1v) is 8.62. The molecule has 0 bridgehead atoms. The van der Waals surface area contributed by atoms with Gasteiger partial charge in [0.2, 0.25) is 0 Å². The highest BCUT2D eigenvalue weighted by atomic mass is 35.5. The Bertz CT molecular complexity index is 744. The number of rotatable bonds is 7. The molecule has 0 saturated carbocycles. The lowest BCUT2D eigenvalue weighted by atomic mass is 10.1. The summed E-state index contributed by atoms with van der Waals surface area (Å²) in [7, 11) is 0. The number of halogens is 1. The Morgan fingerprint density at radius 2 is 1.69 bits per heavy atom. The highest BCUT2D eigenvalue weighted by molar-refractivity contribution is 6.30. The number of esters is 1. The van der Waals surface area contributed by atoms with Crippen LogP contribution in [-0.4, -0.2) is 24.1 Å². The summed E-state index contributed by atoms with van der Waals surface area (Å²) in [5.74, 6) is -0.523. The van der Waals surface area contributed by atoms with Gasteiger partial charge in [0.15, 0.2) is 12.2 Å². The molecule has 0 aromatic heterocycles. The lowest BCUT2D eigenvalue weighted by molar-refractivity contribution is -0.162. The van der Waals surface area contributed by atoms with Crippen molar-refractivity contribution in [3.05, 3.63) is 65.2 Å². The molecule has 1 amide bonds. The fourth-order valence-corrected chi connectivity index (χ4v) is 2.38. The van der Waals surface area contributed by atoms with Gasteiger partial charge in [-0.1, -0.05) is 41.9 Å². The molecule has 0 aliphatic carbocycles. The Kier molecular flexibility index (Phi) is 6.64. The second-order valence-corrected chi connectivity index (χ2v) is 6.78. The summed E-state index contributed by atoms with van der Waals surface area (Å²) >= 11 is 5.82. The molecular formula is C20H22ClNO4. The second kappa shape index (κ2) is 8.72. The van der Waals surface area contributed by atoms with Gasteiger partial charge in [-0.3, -0.25) is 4.79 Å². The minimum absolute atomic E-state index is 0.180. The average molecular weight is 376 g/mol. The largest absolute Gasteiger partial charge is 0.476 e. The molecule has 5 nitrogen and oxygen atoms in total. The predicted octanol–water partition coefficient (Wildman–Crippen LogP) is 3.92. The van der Waals surface area contributed by atoms with Crippen molar-refractivity contribution in [3.8, 4) is 5.75 Å². The number of hydrogen-bond donors (Lipinski definition) is 1. The van der Waals surface area contributed by atoms with Gasteiger partial charge in [-0.2, -0.15) is 0 Å². The first kappa shape index (κ1) is 19.8. The van der Waals surface area contributed by atoms with E-state index in [1.807, 2.05) is 37.3 Å². The van der Waals surface area contributed by atoms with Crippen LogP contribution in [0.25, 0.3) is 0 Å². The van der Waals surface area contributed by atoms with Gasteiger partial charge in [0.1, 0.15) is 5.75 Å². The topological polar surface area (TPSA) is 64.6 Å². The molecule has 0 unspecified atom stereocenters. The minimum atomic E-state index is -1.24. The molecule has 0 spiro atoms. The van der Waals surface area contributed by atoms with E-state index in [9.17, 15) is 9.59 Å². The molecule has 1 atom stereocenters. The monoisotopic (exact) mass is 375 g/mol. The lowest BCUT2D eigenvalue weighted by Gasteiger charge is -2.24. The Balaban J connectivity index is 1.84. The lowest BCUT2D eigenvalue weighted by Crippen LogP contribution is -2.41. The summed E-state index contributed by atoms with van der Waals surface area (Å²) in [5, 5.41) is 3.36. The van der Waals surface area contributed by atoms with Crippen LogP contribution in [-0.2, 0) is 14.3 Å². The van der Waals surface area contributed by atoms with E-state index in [1.165, 1.54) is 0 Å². The van der Waals surface area contributed by atoms with Crippen LogP contribution in [0, 0.1) is 0 Å². The number of carbonyl (C=O) groups excluding carboxylic acids is 2. The highest BCUT2D eigenvalue weighted by Crippen LogP contribution is 2.21. The molecule has 138 valence electrons. The van der Waals surface area contributed by atoms with Crippen LogP contribution in [0.2, 0.25) is 5.02 Å². The van der Waals surface area contributed by atoms with Crippen molar-refractivity contribution in [1.82, 2.24) is 5.32 Å². The Hall–Kier alpha value is -2.53. The van der Waals surface area contributed by atoms with Crippen molar-refractivity contribution < 1.29 is 19.1 Å². The van der Waals surface area contributed by atoms with Crippen LogP contribution in [0.1, 0.15) is 32.4 Å². The maximum atomic E-state index is 12.2. The number of nitrogens with one attached hydrogen (secondary N) is 1. The van der Waals surface area contributed by atoms with Crippen molar-refractivity contribution in [2.24, 2.45) is 0 Å². The zero-order valence-corrected chi connectivity index (χ0v) is 15.7. The first-order chi connectivity index (χ1) is 12.3. The van der Waals surface area contributed by atoms with Gasteiger partial charge in [-0.05, 0) is 50.6 Å². The summed E-state index contributed by atoms with van der Waals surface area (Å²) in [6.45, 7) is 4.65. The normalized spacial score (nSPS) is 12.2. The third-order valence-corrected chi connectivity index (χ3v) is 3.94. The molecule has 2 aromatic carbocycles. The highest BCUT2D eigenvalue weighted by Gasteiger charge is 2.32. The zero-order chi connectivity index (χ0) is 19.2. The molecule has 2 rings (SSSR count). The standard InChI is InChI=1S/C20H22ClNO4/c1-14(15-7-5-4-6-8-15)22-18(23)13-25-19(24)20(2,3)26-17-11-9-16(21)10-12-17/h4-12,14H,13H2,1-3H3,(H,22,23)/t14-/m1/s1. The average Bonchev–Trinajstić information content (AvgIpc) is 2.62. The predicted molar refractivity (Wildman–Crippen MR) is 100 cm³/mol. The van der Waals surface area contributed by atoms with Gasteiger partial charge in [-0.15, -0.1) is 0 Å². The van der Waals surface area contributed by atoms with Crippen molar-refractivity contribution in [3.63, 3.8) is 0 Å². The molecule has 26 heavy (non-hydrogen) atoms. The first-order valence-electron chi connectivity index (χ1n) is 8.24. The van der Waals surface area contributed by atoms with E-state index < -0.39 is 11.6 Å². The fourth-order valence-electron chi connectivity index (χ4n) is 2.25. The van der Waals surface area contributed by atoms with Gasteiger partial charge in [0, 0.05) is 5.02 Å². The van der Waals surface area contributed by atoms with E-state index in [0.717, 1.165) is 5.56 Å². The summed E-state index contributed by atoms with van der Waals surface area (Å²) in [4.78, 5) is 24.3. The van der Waals surface area contributed by atoms with E-state index >= 15 is 0 Å². The molecule has 1 N–H and O–H groups in total. The summed E-state index contributed by atoms with van der Waals surface area (Å²) in [6.07, 6.45) is 0. The van der Waals surface area contributed by atoms with E-state index in [4.69, 9.17) is 21.1 Å².